The van der Waals surface area contributed by atoms with Crippen LogP contribution < -0.4 is 15.9 Å². The number of nitrogens with one attached hydrogen (secondary N) is 1. The predicted octanol–water partition coefficient (Wildman–Crippen LogP) is -1.53. The van der Waals surface area contributed by atoms with Gasteiger partial charge in [0.05, 0.1) is 12.9 Å². The molecular formula is C14H20N6O7P-. The minimum Gasteiger partial charge on any atom is -0.756 e. The molecule has 1 aliphatic carbocycles. The van der Waals surface area contributed by atoms with Crippen molar-refractivity contribution in [1.82, 2.24) is 19.5 Å². The van der Waals surface area contributed by atoms with E-state index in [9.17, 15) is 19.7 Å². The van der Waals surface area contributed by atoms with Crippen molar-refractivity contribution >= 4 is 30.8 Å². The summed E-state index contributed by atoms with van der Waals surface area (Å²) >= 11 is 0. The summed E-state index contributed by atoms with van der Waals surface area (Å²) in [6.45, 7) is 0.640. The van der Waals surface area contributed by atoms with Crippen LogP contribution in [0.3, 0.4) is 0 Å². The number of aliphatic hydroxyl groups is 2. The molecule has 0 amide bonds. The molecule has 14 heteroatoms. The molecule has 0 radical (unpaired) electrons. The largest absolute Gasteiger partial charge is 0.756 e. The molecule has 3 heterocycles. The molecular weight excluding hydrogens is 395 g/mol. The molecule has 4 rings (SSSR count). The summed E-state index contributed by atoms with van der Waals surface area (Å²) in [4.78, 5) is 32.1. The molecule has 0 aromatic carbocycles. The number of hydrogen-bond donors (Lipinski definition) is 5. The maximum absolute atomic E-state index is 10.8. The van der Waals surface area contributed by atoms with Crippen molar-refractivity contribution < 1.29 is 33.8 Å². The number of aliphatic hydroxyl groups excluding tert-OH is 1. The molecule has 13 nitrogen and oxygen atoms in total. The highest BCUT2D eigenvalue weighted by atomic mass is 31.2. The molecule has 6 N–H and O–H groups in total. The quantitative estimate of drug-likeness (QED) is 0.341. The molecule has 0 spiro atoms. The number of aromatic nitrogens is 4. The van der Waals surface area contributed by atoms with Gasteiger partial charge in [-0.2, -0.15) is 9.97 Å². The van der Waals surface area contributed by atoms with Gasteiger partial charge in [0, 0.05) is 6.04 Å². The van der Waals surface area contributed by atoms with Gasteiger partial charge >= 0.3 is 0 Å². The predicted molar refractivity (Wildman–Crippen MR) is 92.7 cm³/mol. The normalized spacial score (nSPS) is 32.5. The van der Waals surface area contributed by atoms with E-state index in [1.807, 2.05) is 0 Å². The minimum atomic E-state index is -5.01. The number of imidazole rings is 1. The van der Waals surface area contributed by atoms with Crippen LogP contribution in [0.25, 0.3) is 11.2 Å². The summed E-state index contributed by atoms with van der Waals surface area (Å²) in [6.07, 6.45) is -0.533. The van der Waals surface area contributed by atoms with E-state index in [-0.39, 0.29) is 17.6 Å². The molecule has 1 aliphatic heterocycles. The fourth-order valence-electron chi connectivity index (χ4n) is 3.17. The molecule has 1 saturated carbocycles. The van der Waals surface area contributed by atoms with Crippen LogP contribution in [-0.4, -0.2) is 65.1 Å². The zero-order chi connectivity index (χ0) is 20.3. The van der Waals surface area contributed by atoms with Crippen molar-refractivity contribution in [1.29, 1.82) is 0 Å². The number of ether oxygens (including phenoxy) is 1. The lowest BCUT2D eigenvalue weighted by Gasteiger charge is -2.27. The summed E-state index contributed by atoms with van der Waals surface area (Å²) in [6, 6.07) is 0.290. The Labute approximate surface area is 158 Å². The molecule has 2 aliphatic rings. The zero-order valence-corrected chi connectivity index (χ0v) is 15.7. The topological polar surface area (TPSA) is 201 Å². The van der Waals surface area contributed by atoms with Gasteiger partial charge in [0.15, 0.2) is 23.2 Å². The van der Waals surface area contributed by atoms with E-state index >= 15 is 0 Å². The Kier molecular flexibility index (Phi) is 4.58. The Morgan fingerprint density at radius 3 is 2.89 bits per heavy atom. The Balaban J connectivity index is 1.67. The van der Waals surface area contributed by atoms with Crippen molar-refractivity contribution in [2.45, 2.75) is 49.8 Å². The lowest BCUT2D eigenvalue weighted by atomic mass is 9.96. The van der Waals surface area contributed by atoms with E-state index in [2.05, 4.69) is 24.8 Å². The zero-order valence-electron chi connectivity index (χ0n) is 14.8. The fraction of sp³-hybridized carbons (Fsp3) is 0.643. The average molecular weight is 415 g/mol. The number of fused-ring (bicyclic) bond motifs is 1. The van der Waals surface area contributed by atoms with Crippen molar-refractivity contribution in [2.24, 2.45) is 0 Å². The van der Waals surface area contributed by atoms with Gasteiger partial charge in [-0.3, -0.25) is 9.13 Å². The smallest absolute Gasteiger partial charge is 0.265 e. The van der Waals surface area contributed by atoms with E-state index in [0.717, 1.165) is 12.8 Å². The second kappa shape index (κ2) is 6.59. The lowest BCUT2D eigenvalue weighted by Crippen LogP contribution is -2.44. The third-order valence-corrected chi connectivity index (χ3v) is 5.24. The Morgan fingerprint density at radius 1 is 1.54 bits per heavy atom. The van der Waals surface area contributed by atoms with E-state index in [1.165, 1.54) is 17.8 Å². The molecule has 5 atom stereocenters. The van der Waals surface area contributed by atoms with Crippen LogP contribution in [0.5, 0.6) is 0 Å². The van der Waals surface area contributed by atoms with Gasteiger partial charge in [-0.15, -0.1) is 0 Å². The first-order chi connectivity index (χ1) is 13.1. The molecule has 28 heavy (non-hydrogen) atoms. The number of nitrogen functional groups attached to an aromatic ring is 1. The minimum absolute atomic E-state index is 0.0111. The van der Waals surface area contributed by atoms with Crippen LogP contribution in [0, 0.1) is 0 Å². The number of anilines is 2. The molecule has 2 fully saturated rings. The average Bonchev–Trinajstić information content (AvgIpc) is 3.25. The second-order valence-corrected chi connectivity index (χ2v) is 8.33. The third-order valence-electron chi connectivity index (χ3n) is 4.77. The van der Waals surface area contributed by atoms with E-state index in [0.29, 0.717) is 11.3 Å². The highest BCUT2D eigenvalue weighted by Gasteiger charge is 2.53. The van der Waals surface area contributed by atoms with Gasteiger partial charge in [-0.1, -0.05) is 0 Å². The summed E-state index contributed by atoms with van der Waals surface area (Å²) in [7, 11) is -5.01. The van der Waals surface area contributed by atoms with Crippen molar-refractivity contribution in [3.8, 4) is 0 Å². The van der Waals surface area contributed by atoms with E-state index in [4.69, 9.17) is 15.4 Å². The van der Waals surface area contributed by atoms with Gasteiger partial charge in [0.1, 0.15) is 17.8 Å². The first-order valence-electron chi connectivity index (χ1n) is 8.57. The van der Waals surface area contributed by atoms with Crippen LogP contribution >= 0.6 is 7.82 Å². The SMILES string of the molecule is CC1(O)[C@@H](O)[C@@H](COP(=O)([O-])O)O[C@H]1n1cnc2c(NC3CC3)nc(N)nc21. The number of nitrogens with two attached hydrogens (primary N) is 1. The molecule has 0 bridgehead atoms. The molecule has 2 unspecified atom stereocenters. The Morgan fingerprint density at radius 2 is 2.25 bits per heavy atom. The highest BCUT2D eigenvalue weighted by molar-refractivity contribution is 7.44. The molecule has 2 aromatic rings. The van der Waals surface area contributed by atoms with Gasteiger partial charge in [-0.05, 0) is 19.8 Å². The number of hydrogen-bond acceptors (Lipinski definition) is 11. The van der Waals surface area contributed by atoms with Crippen molar-refractivity contribution in [3.63, 3.8) is 0 Å². The first-order valence-corrected chi connectivity index (χ1v) is 10.1. The van der Waals surface area contributed by atoms with Gasteiger partial charge in [0.2, 0.25) is 5.95 Å². The van der Waals surface area contributed by atoms with Gasteiger partial charge in [-0.25, -0.2) is 4.98 Å². The van der Waals surface area contributed by atoms with E-state index in [1.54, 1.807) is 0 Å². The number of phosphoric ester groups is 1. The summed E-state index contributed by atoms with van der Waals surface area (Å²) < 4.78 is 22.1. The summed E-state index contributed by atoms with van der Waals surface area (Å²) in [5.41, 5.74) is 4.64. The van der Waals surface area contributed by atoms with Crippen LogP contribution in [-0.2, 0) is 13.8 Å². The summed E-state index contributed by atoms with van der Waals surface area (Å²) in [5.74, 6) is 0.442. The molecule has 1 saturated heterocycles. The van der Waals surface area contributed by atoms with Gasteiger partial charge < -0.3 is 40.3 Å². The van der Waals surface area contributed by atoms with Crippen LogP contribution in [0.15, 0.2) is 6.33 Å². The number of rotatable bonds is 6. The highest BCUT2D eigenvalue weighted by Crippen LogP contribution is 2.42. The fourth-order valence-corrected chi connectivity index (χ4v) is 3.51. The first kappa shape index (κ1) is 19.5. The molecule has 154 valence electrons. The van der Waals surface area contributed by atoms with E-state index < -0.39 is 38.5 Å². The Bertz CT molecular complexity index is 942. The van der Waals surface area contributed by atoms with Gasteiger partial charge in [0.25, 0.3) is 7.82 Å². The third kappa shape index (κ3) is 3.57. The Hall–Kier alpha value is -1.86. The van der Waals surface area contributed by atoms with Crippen LogP contribution in [0.1, 0.15) is 26.0 Å². The number of phosphoric acid groups is 1. The standard InChI is InChI=1S/C14H21N6O7P/c1-14(22)9(21)7(4-26-28(23,24)25)27-12(14)20-5-16-8-10(17-6-2-3-6)18-13(15)19-11(8)20/h5-7,9,12,21-22H,2-4H2,1H3,(H2,23,24,25)(H3,15,17,18,19)/p-1/t7-,9+,12-,14?/m1/s1. The number of nitrogens with zero attached hydrogens (tertiary/aromatic N) is 4. The second-order valence-electron chi connectivity index (χ2n) is 7.13. The van der Waals surface area contributed by atoms with Crippen LogP contribution in [0.4, 0.5) is 11.8 Å². The van der Waals surface area contributed by atoms with Crippen LogP contribution in [0.2, 0.25) is 0 Å². The monoisotopic (exact) mass is 415 g/mol. The van der Waals surface area contributed by atoms with Crippen molar-refractivity contribution in [3.05, 3.63) is 6.33 Å². The lowest BCUT2D eigenvalue weighted by molar-refractivity contribution is -0.222. The maximum Gasteiger partial charge on any atom is 0.265 e. The molecule has 2 aromatic heterocycles. The van der Waals surface area contributed by atoms with Crippen molar-refractivity contribution in [2.75, 3.05) is 17.7 Å². The maximum atomic E-state index is 10.8. The summed E-state index contributed by atoms with van der Waals surface area (Å²) in [5, 5.41) is 24.3.